The lowest BCUT2D eigenvalue weighted by atomic mass is 10.3. The molecule has 1 heterocycles. The highest BCUT2D eigenvalue weighted by atomic mass is 19.1. The van der Waals surface area contributed by atoms with Crippen molar-refractivity contribution in [3.05, 3.63) is 36.1 Å². The molecular formula is C15H18FN3O2. The molecule has 1 aromatic heterocycles. The normalized spacial score (nSPS) is 10.2. The Kier molecular flexibility index (Phi) is 4.81. The van der Waals surface area contributed by atoms with Crippen LogP contribution in [0, 0.1) is 5.82 Å². The summed E-state index contributed by atoms with van der Waals surface area (Å²) >= 11 is 0. The smallest absolute Gasteiger partial charge is 0.239 e. The number of ether oxygens (including phenoxy) is 2. The lowest BCUT2D eigenvalue weighted by Gasteiger charge is -2.11. The van der Waals surface area contributed by atoms with E-state index >= 15 is 0 Å². The first kappa shape index (κ1) is 14.9. The first-order valence-electron chi connectivity index (χ1n) is 6.72. The van der Waals surface area contributed by atoms with Gasteiger partial charge in [0.1, 0.15) is 5.82 Å². The maximum Gasteiger partial charge on any atom is 0.239 e. The van der Waals surface area contributed by atoms with Crippen molar-refractivity contribution >= 4 is 17.2 Å². The average molecular weight is 291 g/mol. The molecule has 0 amide bonds. The fourth-order valence-electron chi connectivity index (χ4n) is 1.77. The monoisotopic (exact) mass is 291 g/mol. The fourth-order valence-corrected chi connectivity index (χ4v) is 1.77. The Bertz CT molecular complexity index is 620. The second kappa shape index (κ2) is 6.78. The Balaban J connectivity index is 2.18. The summed E-state index contributed by atoms with van der Waals surface area (Å²) in [5, 5.41) is 3.00. The van der Waals surface area contributed by atoms with Crippen molar-refractivity contribution in [1.82, 2.24) is 4.98 Å². The summed E-state index contributed by atoms with van der Waals surface area (Å²) in [6.45, 7) is 4.54. The largest absolute Gasteiger partial charge is 0.491 e. The van der Waals surface area contributed by atoms with Crippen molar-refractivity contribution in [2.75, 3.05) is 24.3 Å². The summed E-state index contributed by atoms with van der Waals surface area (Å²) in [6.07, 6.45) is 0. The van der Waals surface area contributed by atoms with Gasteiger partial charge in [0.2, 0.25) is 5.88 Å². The summed E-state index contributed by atoms with van der Waals surface area (Å²) in [5.41, 5.74) is 6.78. The van der Waals surface area contributed by atoms with Crippen LogP contribution in [0.15, 0.2) is 30.3 Å². The molecule has 0 aliphatic heterocycles. The van der Waals surface area contributed by atoms with E-state index in [2.05, 4.69) is 10.3 Å². The SMILES string of the molecule is CCOc1ccc(Nc2ccc(N)c(OCC)n2)cc1F. The van der Waals surface area contributed by atoms with Crippen molar-refractivity contribution < 1.29 is 13.9 Å². The minimum absolute atomic E-state index is 0.225. The number of hydrogen-bond donors (Lipinski definition) is 2. The van der Waals surface area contributed by atoms with E-state index in [1.54, 1.807) is 31.2 Å². The number of aromatic nitrogens is 1. The van der Waals surface area contributed by atoms with E-state index in [1.807, 2.05) is 6.92 Å². The Morgan fingerprint density at radius 1 is 1.14 bits per heavy atom. The lowest BCUT2D eigenvalue weighted by molar-refractivity contribution is 0.321. The fraction of sp³-hybridized carbons (Fsp3) is 0.267. The van der Waals surface area contributed by atoms with Gasteiger partial charge in [-0.1, -0.05) is 0 Å². The van der Waals surface area contributed by atoms with Gasteiger partial charge in [0, 0.05) is 11.8 Å². The number of hydrogen-bond acceptors (Lipinski definition) is 5. The van der Waals surface area contributed by atoms with Crippen molar-refractivity contribution in [3.63, 3.8) is 0 Å². The van der Waals surface area contributed by atoms with Gasteiger partial charge in [-0.05, 0) is 38.1 Å². The van der Waals surface area contributed by atoms with E-state index in [1.165, 1.54) is 6.07 Å². The van der Waals surface area contributed by atoms with Crippen LogP contribution in [-0.2, 0) is 0 Å². The van der Waals surface area contributed by atoms with Gasteiger partial charge >= 0.3 is 0 Å². The number of anilines is 3. The summed E-state index contributed by atoms with van der Waals surface area (Å²) in [5.74, 6) is 0.677. The van der Waals surface area contributed by atoms with E-state index in [-0.39, 0.29) is 5.75 Å². The lowest BCUT2D eigenvalue weighted by Crippen LogP contribution is -2.02. The number of nitrogen functional groups attached to an aromatic ring is 1. The number of halogens is 1. The maximum absolute atomic E-state index is 13.8. The van der Waals surface area contributed by atoms with E-state index in [9.17, 15) is 4.39 Å². The number of pyridine rings is 1. The van der Waals surface area contributed by atoms with Gasteiger partial charge < -0.3 is 20.5 Å². The van der Waals surface area contributed by atoms with Crippen LogP contribution in [-0.4, -0.2) is 18.2 Å². The van der Waals surface area contributed by atoms with Crippen LogP contribution in [0.5, 0.6) is 11.6 Å². The summed E-state index contributed by atoms with van der Waals surface area (Å²) in [4.78, 5) is 4.23. The van der Waals surface area contributed by atoms with E-state index < -0.39 is 5.82 Å². The Morgan fingerprint density at radius 2 is 1.90 bits per heavy atom. The second-order valence-corrected chi connectivity index (χ2v) is 4.23. The van der Waals surface area contributed by atoms with E-state index in [4.69, 9.17) is 15.2 Å². The molecule has 21 heavy (non-hydrogen) atoms. The molecule has 0 saturated heterocycles. The number of nitrogens with zero attached hydrogens (tertiary/aromatic N) is 1. The number of nitrogens with one attached hydrogen (secondary N) is 1. The van der Waals surface area contributed by atoms with Gasteiger partial charge in [0.05, 0.1) is 18.9 Å². The minimum atomic E-state index is -0.428. The predicted molar refractivity (Wildman–Crippen MR) is 80.7 cm³/mol. The zero-order valence-electron chi connectivity index (χ0n) is 12.0. The topological polar surface area (TPSA) is 69.4 Å². The van der Waals surface area contributed by atoms with Crippen LogP contribution >= 0.6 is 0 Å². The molecule has 112 valence electrons. The zero-order chi connectivity index (χ0) is 15.2. The quantitative estimate of drug-likeness (QED) is 0.854. The van der Waals surface area contributed by atoms with Crippen molar-refractivity contribution in [2.45, 2.75) is 13.8 Å². The minimum Gasteiger partial charge on any atom is -0.491 e. The molecule has 0 saturated carbocycles. The molecule has 0 aliphatic rings. The second-order valence-electron chi connectivity index (χ2n) is 4.23. The molecule has 0 bridgehead atoms. The molecule has 3 N–H and O–H groups in total. The predicted octanol–water partition coefficient (Wildman–Crippen LogP) is 3.34. The average Bonchev–Trinajstić information content (AvgIpc) is 2.46. The molecule has 6 heteroatoms. The molecule has 0 spiro atoms. The van der Waals surface area contributed by atoms with E-state index in [0.29, 0.717) is 36.3 Å². The van der Waals surface area contributed by atoms with Crippen LogP contribution in [0.25, 0.3) is 0 Å². The Hall–Kier alpha value is -2.50. The molecule has 5 nitrogen and oxygen atoms in total. The van der Waals surface area contributed by atoms with Gasteiger partial charge in [0.25, 0.3) is 0 Å². The molecule has 0 fully saturated rings. The molecule has 0 atom stereocenters. The van der Waals surface area contributed by atoms with Gasteiger partial charge in [-0.3, -0.25) is 0 Å². The highest BCUT2D eigenvalue weighted by Gasteiger charge is 2.07. The molecular weight excluding hydrogens is 273 g/mol. The third kappa shape index (κ3) is 3.75. The van der Waals surface area contributed by atoms with Crippen LogP contribution in [0.3, 0.4) is 0 Å². The Labute approximate surface area is 122 Å². The summed E-state index contributed by atoms with van der Waals surface area (Å²) < 4.78 is 24.2. The maximum atomic E-state index is 13.8. The van der Waals surface area contributed by atoms with Gasteiger partial charge in [-0.2, -0.15) is 4.98 Å². The summed E-state index contributed by atoms with van der Waals surface area (Å²) in [6, 6.07) is 8.02. The van der Waals surface area contributed by atoms with Crippen molar-refractivity contribution in [2.24, 2.45) is 0 Å². The zero-order valence-corrected chi connectivity index (χ0v) is 12.0. The number of rotatable bonds is 6. The Morgan fingerprint density at radius 3 is 2.57 bits per heavy atom. The van der Waals surface area contributed by atoms with Crippen LogP contribution in [0.1, 0.15) is 13.8 Å². The van der Waals surface area contributed by atoms with Gasteiger partial charge in [-0.25, -0.2) is 4.39 Å². The first-order valence-corrected chi connectivity index (χ1v) is 6.72. The van der Waals surface area contributed by atoms with Crippen molar-refractivity contribution in [3.8, 4) is 11.6 Å². The molecule has 0 unspecified atom stereocenters. The van der Waals surface area contributed by atoms with Gasteiger partial charge in [-0.15, -0.1) is 0 Å². The first-order chi connectivity index (χ1) is 10.1. The van der Waals surface area contributed by atoms with Crippen LogP contribution in [0.4, 0.5) is 21.6 Å². The van der Waals surface area contributed by atoms with Crippen LogP contribution in [0.2, 0.25) is 0 Å². The molecule has 2 rings (SSSR count). The molecule has 0 aliphatic carbocycles. The van der Waals surface area contributed by atoms with Gasteiger partial charge in [0.15, 0.2) is 11.6 Å². The molecule has 1 aromatic carbocycles. The highest BCUT2D eigenvalue weighted by molar-refractivity contribution is 5.61. The van der Waals surface area contributed by atoms with Crippen LogP contribution < -0.4 is 20.5 Å². The number of nitrogens with two attached hydrogens (primary N) is 1. The third-order valence-electron chi connectivity index (χ3n) is 2.67. The number of benzene rings is 1. The summed E-state index contributed by atoms with van der Waals surface area (Å²) in [7, 11) is 0. The standard InChI is InChI=1S/C15H18FN3O2/c1-3-20-13-7-5-10(9-11(13)16)18-14-8-6-12(17)15(19-14)21-4-2/h5-9H,3-4,17H2,1-2H3,(H,18,19). The third-order valence-corrected chi connectivity index (χ3v) is 2.67. The molecule has 0 radical (unpaired) electrons. The van der Waals surface area contributed by atoms with E-state index in [0.717, 1.165) is 0 Å². The highest BCUT2D eigenvalue weighted by Crippen LogP contribution is 2.26. The van der Waals surface area contributed by atoms with Crippen molar-refractivity contribution in [1.29, 1.82) is 0 Å². The molecule has 2 aromatic rings.